The summed E-state index contributed by atoms with van der Waals surface area (Å²) in [7, 11) is 0. The SMILES string of the molecule is OC(c1cccc(C(F)F)c1)C1NCCc2ccccc21. The van der Waals surface area contributed by atoms with Crippen LogP contribution in [-0.2, 0) is 6.42 Å². The van der Waals surface area contributed by atoms with Crippen LogP contribution in [0.25, 0.3) is 0 Å². The van der Waals surface area contributed by atoms with Gasteiger partial charge in [0, 0.05) is 5.56 Å². The van der Waals surface area contributed by atoms with Crippen molar-refractivity contribution in [1.29, 1.82) is 0 Å². The summed E-state index contributed by atoms with van der Waals surface area (Å²) < 4.78 is 25.6. The summed E-state index contributed by atoms with van der Waals surface area (Å²) in [6.45, 7) is 0.771. The highest BCUT2D eigenvalue weighted by Crippen LogP contribution is 2.34. The monoisotopic (exact) mass is 289 g/mol. The van der Waals surface area contributed by atoms with Crippen LogP contribution in [0.4, 0.5) is 8.78 Å². The number of halogens is 2. The minimum absolute atomic E-state index is 0.0596. The van der Waals surface area contributed by atoms with Crippen LogP contribution in [0.5, 0.6) is 0 Å². The number of hydrogen-bond donors (Lipinski definition) is 2. The van der Waals surface area contributed by atoms with E-state index < -0.39 is 12.5 Å². The second-order valence-corrected chi connectivity index (χ2v) is 5.30. The molecule has 0 amide bonds. The minimum atomic E-state index is -2.52. The highest BCUT2D eigenvalue weighted by Gasteiger charge is 2.27. The van der Waals surface area contributed by atoms with Gasteiger partial charge in [-0.05, 0) is 35.7 Å². The Kier molecular flexibility index (Phi) is 3.99. The van der Waals surface area contributed by atoms with Gasteiger partial charge in [0.15, 0.2) is 0 Å². The molecule has 2 nitrogen and oxygen atoms in total. The fraction of sp³-hybridized carbons (Fsp3) is 0.294. The lowest BCUT2D eigenvalue weighted by atomic mass is 9.88. The van der Waals surface area contributed by atoms with E-state index in [1.54, 1.807) is 12.1 Å². The average molecular weight is 289 g/mol. The molecule has 2 N–H and O–H groups in total. The highest BCUT2D eigenvalue weighted by atomic mass is 19.3. The summed E-state index contributed by atoms with van der Waals surface area (Å²) in [6.07, 6.45) is -2.45. The molecule has 2 aromatic rings. The second-order valence-electron chi connectivity index (χ2n) is 5.30. The first-order valence-corrected chi connectivity index (χ1v) is 7.04. The minimum Gasteiger partial charge on any atom is -0.386 e. The number of hydrogen-bond acceptors (Lipinski definition) is 2. The zero-order chi connectivity index (χ0) is 14.8. The first-order chi connectivity index (χ1) is 10.2. The average Bonchev–Trinajstić information content (AvgIpc) is 2.53. The van der Waals surface area contributed by atoms with Gasteiger partial charge in [0.25, 0.3) is 6.43 Å². The zero-order valence-corrected chi connectivity index (χ0v) is 11.5. The Morgan fingerprint density at radius 2 is 1.81 bits per heavy atom. The molecule has 1 aliphatic heterocycles. The molecule has 1 aliphatic rings. The Bertz CT molecular complexity index is 630. The second kappa shape index (κ2) is 5.92. The Hall–Kier alpha value is -1.78. The van der Waals surface area contributed by atoms with Crippen LogP contribution in [-0.4, -0.2) is 11.7 Å². The molecule has 21 heavy (non-hydrogen) atoms. The standard InChI is InChI=1S/C17H17F2NO/c18-17(19)13-6-3-5-12(10-13)16(21)15-14-7-2-1-4-11(14)8-9-20-15/h1-7,10,15-17,20-21H,8-9H2. The molecule has 2 aromatic carbocycles. The molecular weight excluding hydrogens is 272 g/mol. The van der Waals surface area contributed by atoms with Gasteiger partial charge in [0.1, 0.15) is 0 Å². The first-order valence-electron chi connectivity index (χ1n) is 7.04. The normalized spacial score (nSPS) is 19.3. The van der Waals surface area contributed by atoms with Crippen LogP contribution >= 0.6 is 0 Å². The molecule has 2 unspecified atom stereocenters. The highest BCUT2D eigenvalue weighted by molar-refractivity contribution is 5.36. The number of fused-ring (bicyclic) bond motifs is 1. The van der Waals surface area contributed by atoms with Crippen molar-refractivity contribution in [1.82, 2.24) is 5.32 Å². The molecule has 110 valence electrons. The van der Waals surface area contributed by atoms with Gasteiger partial charge in [0.05, 0.1) is 12.1 Å². The van der Waals surface area contributed by atoms with Gasteiger partial charge in [0.2, 0.25) is 0 Å². The molecule has 0 radical (unpaired) electrons. The molecule has 2 atom stereocenters. The molecule has 0 saturated heterocycles. The third-order valence-corrected chi connectivity index (χ3v) is 3.97. The molecule has 3 rings (SSSR count). The topological polar surface area (TPSA) is 32.3 Å². The maximum Gasteiger partial charge on any atom is 0.263 e. The van der Waals surface area contributed by atoms with Crippen molar-refractivity contribution in [2.75, 3.05) is 6.54 Å². The van der Waals surface area contributed by atoms with Crippen molar-refractivity contribution in [3.63, 3.8) is 0 Å². The van der Waals surface area contributed by atoms with E-state index in [9.17, 15) is 13.9 Å². The summed E-state index contributed by atoms with van der Waals surface area (Å²) in [6, 6.07) is 13.7. The Balaban J connectivity index is 1.93. The lowest BCUT2D eigenvalue weighted by molar-refractivity contribution is 0.124. The van der Waals surface area contributed by atoms with Crippen LogP contribution in [0.1, 0.15) is 40.8 Å². The largest absolute Gasteiger partial charge is 0.386 e. The number of rotatable bonds is 3. The summed E-state index contributed by atoms with van der Waals surface area (Å²) >= 11 is 0. The number of nitrogens with one attached hydrogen (secondary N) is 1. The lowest BCUT2D eigenvalue weighted by Gasteiger charge is -2.31. The fourth-order valence-corrected chi connectivity index (χ4v) is 2.89. The molecule has 0 aromatic heterocycles. The van der Waals surface area contributed by atoms with Crippen LogP contribution in [0.3, 0.4) is 0 Å². The van der Waals surface area contributed by atoms with Crippen molar-refractivity contribution in [2.24, 2.45) is 0 Å². The van der Waals surface area contributed by atoms with E-state index in [1.807, 2.05) is 24.3 Å². The van der Waals surface area contributed by atoms with Gasteiger partial charge in [-0.25, -0.2) is 8.78 Å². The zero-order valence-electron chi connectivity index (χ0n) is 11.5. The van der Waals surface area contributed by atoms with Crippen molar-refractivity contribution >= 4 is 0 Å². The van der Waals surface area contributed by atoms with Crippen molar-refractivity contribution in [2.45, 2.75) is 25.0 Å². The Labute approximate surface area is 122 Å². The fourth-order valence-electron chi connectivity index (χ4n) is 2.89. The maximum atomic E-state index is 12.8. The molecule has 0 saturated carbocycles. The Morgan fingerprint density at radius 1 is 1.05 bits per heavy atom. The lowest BCUT2D eigenvalue weighted by Crippen LogP contribution is -2.33. The van der Waals surface area contributed by atoms with Crippen LogP contribution in [0, 0.1) is 0 Å². The quantitative estimate of drug-likeness (QED) is 0.905. The molecule has 0 spiro atoms. The van der Waals surface area contributed by atoms with E-state index in [1.165, 1.54) is 17.7 Å². The molecule has 4 heteroatoms. The van der Waals surface area contributed by atoms with Gasteiger partial charge in [-0.1, -0.05) is 42.5 Å². The van der Waals surface area contributed by atoms with Crippen molar-refractivity contribution < 1.29 is 13.9 Å². The van der Waals surface area contributed by atoms with E-state index >= 15 is 0 Å². The van der Waals surface area contributed by atoms with Crippen LogP contribution in [0.2, 0.25) is 0 Å². The third kappa shape index (κ3) is 2.82. The summed E-state index contributed by atoms with van der Waals surface area (Å²) in [5, 5.41) is 13.9. The van der Waals surface area contributed by atoms with Gasteiger partial charge < -0.3 is 10.4 Å². The number of benzene rings is 2. The smallest absolute Gasteiger partial charge is 0.263 e. The van der Waals surface area contributed by atoms with Gasteiger partial charge in [-0.2, -0.15) is 0 Å². The van der Waals surface area contributed by atoms with Crippen LogP contribution in [0.15, 0.2) is 48.5 Å². The molecule has 1 heterocycles. The van der Waals surface area contributed by atoms with E-state index in [0.717, 1.165) is 18.5 Å². The molecule has 0 bridgehead atoms. The number of alkyl halides is 2. The number of aliphatic hydroxyl groups excluding tert-OH is 1. The summed E-state index contributed by atoms with van der Waals surface area (Å²) in [5.74, 6) is 0. The Morgan fingerprint density at radius 3 is 2.62 bits per heavy atom. The van der Waals surface area contributed by atoms with E-state index in [-0.39, 0.29) is 11.6 Å². The molecule has 0 fully saturated rings. The van der Waals surface area contributed by atoms with Gasteiger partial charge in [-0.15, -0.1) is 0 Å². The van der Waals surface area contributed by atoms with Crippen LogP contribution < -0.4 is 5.32 Å². The third-order valence-electron chi connectivity index (χ3n) is 3.97. The van der Waals surface area contributed by atoms with Gasteiger partial charge >= 0.3 is 0 Å². The van der Waals surface area contributed by atoms with E-state index in [2.05, 4.69) is 5.32 Å². The first kappa shape index (κ1) is 14.2. The number of aliphatic hydroxyl groups is 1. The van der Waals surface area contributed by atoms with E-state index in [4.69, 9.17) is 0 Å². The predicted octanol–water partition coefficient (Wildman–Crippen LogP) is 3.54. The van der Waals surface area contributed by atoms with Crippen molar-refractivity contribution in [3.8, 4) is 0 Å². The molecule has 0 aliphatic carbocycles. The maximum absolute atomic E-state index is 12.8. The van der Waals surface area contributed by atoms with E-state index in [0.29, 0.717) is 5.56 Å². The van der Waals surface area contributed by atoms with Gasteiger partial charge in [-0.3, -0.25) is 0 Å². The van der Waals surface area contributed by atoms with Crippen molar-refractivity contribution in [3.05, 3.63) is 70.8 Å². The predicted molar refractivity (Wildman–Crippen MR) is 77.2 cm³/mol. The summed E-state index contributed by atoms with van der Waals surface area (Å²) in [5.41, 5.74) is 2.70. The summed E-state index contributed by atoms with van der Waals surface area (Å²) in [4.78, 5) is 0. The molecular formula is C17H17F2NO.